The van der Waals surface area contributed by atoms with Crippen molar-refractivity contribution in [2.24, 2.45) is 0 Å². The van der Waals surface area contributed by atoms with E-state index in [1.807, 2.05) is 0 Å². The van der Waals surface area contributed by atoms with Crippen molar-refractivity contribution in [1.82, 2.24) is 0 Å². The van der Waals surface area contributed by atoms with Crippen molar-refractivity contribution in [3.63, 3.8) is 0 Å². The Morgan fingerprint density at radius 2 is 1.95 bits per heavy atom. The van der Waals surface area contributed by atoms with Crippen LogP contribution in [-0.4, -0.2) is 12.6 Å². The van der Waals surface area contributed by atoms with Gasteiger partial charge in [-0.25, -0.2) is 0 Å². The van der Waals surface area contributed by atoms with E-state index >= 15 is 0 Å². The number of rotatable bonds is 3. The smallest absolute Gasteiger partial charge is 0.461 e. The van der Waals surface area contributed by atoms with Gasteiger partial charge in [-0.15, -0.1) is 13.2 Å². The van der Waals surface area contributed by atoms with Crippen LogP contribution in [0.25, 0.3) is 11.3 Å². The molecule has 0 unspecified atom stereocenters. The number of carbonyl (C=O) groups excluding carboxylic acids is 1. The van der Waals surface area contributed by atoms with E-state index in [-0.39, 0.29) is 5.56 Å². The van der Waals surface area contributed by atoms with Gasteiger partial charge in [-0.2, -0.15) is 0 Å². The first-order valence-electron chi connectivity index (χ1n) is 5.31. The molecule has 19 heavy (non-hydrogen) atoms. The fourth-order valence-corrected chi connectivity index (χ4v) is 1.59. The lowest BCUT2D eigenvalue weighted by molar-refractivity contribution is -0.274. The normalized spacial score (nSPS) is 11.4. The number of furan rings is 1. The summed E-state index contributed by atoms with van der Waals surface area (Å²) in [6.07, 6.45) is -4.55. The Labute approximate surface area is 106 Å². The number of hydrogen-bond donors (Lipinski definition) is 0. The van der Waals surface area contributed by atoms with E-state index in [4.69, 9.17) is 4.42 Å². The Hall–Kier alpha value is -2.24. The van der Waals surface area contributed by atoms with Crippen molar-refractivity contribution in [3.8, 4) is 17.1 Å². The fraction of sp³-hybridized carbons (Fsp3) is 0.154. The number of halogens is 3. The average Bonchev–Trinajstić information content (AvgIpc) is 2.74. The van der Waals surface area contributed by atoms with E-state index in [0.29, 0.717) is 23.4 Å². The Kier molecular flexibility index (Phi) is 3.33. The summed E-state index contributed by atoms with van der Waals surface area (Å²) < 4.78 is 45.8. The Balaban J connectivity index is 2.43. The van der Waals surface area contributed by atoms with Crippen molar-refractivity contribution in [2.45, 2.75) is 13.3 Å². The molecule has 3 nitrogen and oxygen atoms in total. The summed E-state index contributed by atoms with van der Waals surface area (Å²) >= 11 is 0. The molecule has 0 saturated heterocycles. The number of aldehydes is 1. The van der Waals surface area contributed by atoms with Gasteiger partial charge in [0.2, 0.25) is 0 Å². The molecule has 2 rings (SSSR count). The second kappa shape index (κ2) is 4.79. The van der Waals surface area contributed by atoms with Crippen LogP contribution in [-0.2, 0) is 0 Å². The lowest BCUT2D eigenvalue weighted by Gasteiger charge is -2.11. The molecule has 0 saturated carbocycles. The largest absolute Gasteiger partial charge is 0.573 e. The second-order valence-electron chi connectivity index (χ2n) is 3.83. The molecule has 0 N–H and O–H groups in total. The second-order valence-corrected chi connectivity index (χ2v) is 3.83. The molecule has 1 aromatic heterocycles. The minimum Gasteiger partial charge on any atom is -0.461 e. The van der Waals surface area contributed by atoms with Crippen LogP contribution < -0.4 is 4.74 Å². The van der Waals surface area contributed by atoms with Crippen LogP contribution >= 0.6 is 0 Å². The Bertz CT molecular complexity index is 599. The molecule has 100 valence electrons. The van der Waals surface area contributed by atoms with E-state index in [0.717, 1.165) is 6.07 Å². The van der Waals surface area contributed by atoms with Gasteiger partial charge in [-0.3, -0.25) is 4.79 Å². The van der Waals surface area contributed by atoms with Crippen LogP contribution in [0, 0.1) is 6.92 Å². The minimum absolute atomic E-state index is 0.177. The van der Waals surface area contributed by atoms with Crippen molar-refractivity contribution in [3.05, 3.63) is 41.7 Å². The third-order valence-corrected chi connectivity index (χ3v) is 2.39. The molecule has 0 bridgehead atoms. The van der Waals surface area contributed by atoms with Gasteiger partial charge >= 0.3 is 6.36 Å². The van der Waals surface area contributed by atoms with Crippen LogP contribution in [0.3, 0.4) is 0 Å². The Morgan fingerprint density at radius 1 is 1.21 bits per heavy atom. The molecule has 2 aromatic rings. The zero-order valence-electron chi connectivity index (χ0n) is 9.82. The van der Waals surface area contributed by atoms with Gasteiger partial charge < -0.3 is 9.15 Å². The number of aryl methyl sites for hydroxylation is 1. The summed E-state index contributed by atoms with van der Waals surface area (Å²) in [5.74, 6) is 0.490. The highest BCUT2D eigenvalue weighted by atomic mass is 19.4. The first-order chi connectivity index (χ1) is 8.89. The maximum absolute atomic E-state index is 12.2. The summed E-state index contributed by atoms with van der Waals surface area (Å²) in [7, 11) is 0. The minimum atomic E-state index is -4.85. The predicted octanol–water partition coefficient (Wildman–Crippen LogP) is 3.97. The van der Waals surface area contributed by atoms with Gasteiger partial charge in [0.15, 0.2) is 6.29 Å². The van der Waals surface area contributed by atoms with Crippen molar-refractivity contribution in [1.29, 1.82) is 0 Å². The van der Waals surface area contributed by atoms with E-state index in [2.05, 4.69) is 4.74 Å². The first kappa shape index (κ1) is 13.2. The molecule has 0 fully saturated rings. The zero-order chi connectivity index (χ0) is 14.0. The standard InChI is InChI=1S/C13H9F3O3/c1-8-2-5-11(18-8)9-3-4-10(7-17)12(6-9)19-13(14,15)16/h2-7H,1H3. The van der Waals surface area contributed by atoms with Gasteiger partial charge in [0.25, 0.3) is 0 Å². The molecule has 6 heteroatoms. The summed E-state index contributed by atoms with van der Waals surface area (Å²) in [6, 6.07) is 7.18. The highest BCUT2D eigenvalue weighted by Gasteiger charge is 2.32. The van der Waals surface area contributed by atoms with E-state index in [1.54, 1.807) is 19.1 Å². The van der Waals surface area contributed by atoms with Crippen LogP contribution in [0.5, 0.6) is 5.75 Å². The fourth-order valence-electron chi connectivity index (χ4n) is 1.59. The Morgan fingerprint density at radius 3 is 2.47 bits per heavy atom. The van der Waals surface area contributed by atoms with Crippen molar-refractivity contribution in [2.75, 3.05) is 0 Å². The van der Waals surface area contributed by atoms with Crippen LogP contribution in [0.15, 0.2) is 34.7 Å². The molecule has 0 amide bonds. The molecule has 0 atom stereocenters. The maximum atomic E-state index is 12.2. The quantitative estimate of drug-likeness (QED) is 0.792. The highest BCUT2D eigenvalue weighted by molar-refractivity contribution is 5.81. The summed E-state index contributed by atoms with van der Waals surface area (Å²) in [4.78, 5) is 10.7. The molecule has 1 aromatic carbocycles. The monoisotopic (exact) mass is 270 g/mol. The zero-order valence-corrected chi connectivity index (χ0v) is 9.82. The molecule has 0 aliphatic carbocycles. The van der Waals surface area contributed by atoms with Crippen LogP contribution in [0.2, 0.25) is 0 Å². The lowest BCUT2D eigenvalue weighted by atomic mass is 10.1. The van der Waals surface area contributed by atoms with E-state index < -0.39 is 12.1 Å². The molecule has 0 aliphatic rings. The molecule has 0 radical (unpaired) electrons. The number of benzene rings is 1. The lowest BCUT2D eigenvalue weighted by Crippen LogP contribution is -2.18. The predicted molar refractivity (Wildman–Crippen MR) is 61.0 cm³/mol. The van der Waals surface area contributed by atoms with E-state index in [9.17, 15) is 18.0 Å². The van der Waals surface area contributed by atoms with Gasteiger partial charge in [0.05, 0.1) is 5.56 Å². The molecule has 0 aliphatic heterocycles. The molecular formula is C13H9F3O3. The number of alkyl halides is 3. The number of hydrogen-bond acceptors (Lipinski definition) is 3. The summed E-state index contributed by atoms with van der Waals surface area (Å²) in [5.41, 5.74) is 0.224. The van der Waals surface area contributed by atoms with Crippen LogP contribution in [0.1, 0.15) is 16.1 Å². The van der Waals surface area contributed by atoms with E-state index in [1.165, 1.54) is 12.1 Å². The molecule has 1 heterocycles. The number of carbonyl (C=O) groups is 1. The van der Waals surface area contributed by atoms with Gasteiger partial charge in [-0.1, -0.05) is 6.07 Å². The third kappa shape index (κ3) is 3.15. The van der Waals surface area contributed by atoms with Gasteiger partial charge in [0, 0.05) is 5.56 Å². The van der Waals surface area contributed by atoms with Crippen LogP contribution in [0.4, 0.5) is 13.2 Å². The maximum Gasteiger partial charge on any atom is 0.573 e. The van der Waals surface area contributed by atoms with Gasteiger partial charge in [-0.05, 0) is 31.2 Å². The number of ether oxygens (including phenoxy) is 1. The first-order valence-corrected chi connectivity index (χ1v) is 5.31. The van der Waals surface area contributed by atoms with Gasteiger partial charge in [0.1, 0.15) is 17.3 Å². The summed E-state index contributed by atoms with van der Waals surface area (Å²) in [6.45, 7) is 1.72. The SMILES string of the molecule is Cc1ccc(-c2ccc(C=O)c(OC(F)(F)F)c2)o1. The van der Waals surface area contributed by atoms with Crippen molar-refractivity contribution < 1.29 is 27.1 Å². The third-order valence-electron chi connectivity index (χ3n) is 2.39. The highest BCUT2D eigenvalue weighted by Crippen LogP contribution is 2.31. The summed E-state index contributed by atoms with van der Waals surface area (Å²) in [5, 5.41) is 0. The van der Waals surface area contributed by atoms with Crippen molar-refractivity contribution >= 4 is 6.29 Å². The molecule has 0 spiro atoms. The topological polar surface area (TPSA) is 39.4 Å². The molecular weight excluding hydrogens is 261 g/mol. The average molecular weight is 270 g/mol.